The first-order valence-electron chi connectivity index (χ1n) is 6.34. The Morgan fingerprint density at radius 3 is 2.78 bits per heavy atom. The summed E-state index contributed by atoms with van der Waals surface area (Å²) in [6, 6.07) is 6.30. The predicted octanol–water partition coefficient (Wildman–Crippen LogP) is 2.92. The number of anilines is 1. The van der Waals surface area contributed by atoms with Crippen molar-refractivity contribution in [2.75, 3.05) is 25.6 Å². The van der Waals surface area contributed by atoms with E-state index in [-0.39, 0.29) is 5.54 Å². The van der Waals surface area contributed by atoms with E-state index in [0.29, 0.717) is 19.1 Å². The third-order valence-corrected chi connectivity index (χ3v) is 4.32. The van der Waals surface area contributed by atoms with Gasteiger partial charge >= 0.3 is 0 Å². The number of hydrogen-bond acceptors (Lipinski definition) is 3. The van der Waals surface area contributed by atoms with E-state index in [9.17, 15) is 0 Å². The van der Waals surface area contributed by atoms with Crippen LogP contribution in [0.3, 0.4) is 0 Å². The van der Waals surface area contributed by atoms with Gasteiger partial charge in [-0.25, -0.2) is 0 Å². The van der Waals surface area contributed by atoms with E-state index >= 15 is 0 Å². The van der Waals surface area contributed by atoms with Gasteiger partial charge in [0, 0.05) is 23.8 Å². The fourth-order valence-corrected chi connectivity index (χ4v) is 2.77. The van der Waals surface area contributed by atoms with Gasteiger partial charge in [-0.3, -0.25) is 0 Å². The smallest absolute Gasteiger partial charge is 0.0756 e. The van der Waals surface area contributed by atoms with E-state index in [4.69, 9.17) is 10.5 Å². The summed E-state index contributed by atoms with van der Waals surface area (Å²) in [6.07, 6.45) is 2.47. The summed E-state index contributed by atoms with van der Waals surface area (Å²) in [5.74, 6) is 0.620. The average Bonchev–Trinajstić information content (AvgIpc) is 3.17. The van der Waals surface area contributed by atoms with Crippen LogP contribution in [0.2, 0.25) is 0 Å². The van der Waals surface area contributed by atoms with E-state index < -0.39 is 0 Å². The summed E-state index contributed by atoms with van der Waals surface area (Å²) in [5.41, 5.74) is 8.22. The van der Waals surface area contributed by atoms with Crippen molar-refractivity contribution >= 4 is 21.6 Å². The molecule has 0 saturated heterocycles. The molecule has 0 amide bonds. The van der Waals surface area contributed by atoms with Crippen molar-refractivity contribution in [1.29, 1.82) is 0 Å². The summed E-state index contributed by atoms with van der Waals surface area (Å²) in [6.45, 7) is 3.33. The zero-order chi connectivity index (χ0) is 13.2. The Labute approximate surface area is 117 Å². The largest absolute Gasteiger partial charge is 0.382 e. The molecule has 0 spiro atoms. The Kier molecular flexibility index (Phi) is 4.30. The average molecular weight is 313 g/mol. The van der Waals surface area contributed by atoms with Gasteiger partial charge in [-0.15, -0.1) is 0 Å². The van der Waals surface area contributed by atoms with E-state index in [1.54, 1.807) is 7.11 Å². The second-order valence-corrected chi connectivity index (χ2v) is 6.03. The maximum atomic E-state index is 6.01. The molecule has 0 heterocycles. The minimum atomic E-state index is -0.134. The van der Waals surface area contributed by atoms with Crippen molar-refractivity contribution in [3.8, 4) is 0 Å². The highest BCUT2D eigenvalue weighted by Crippen LogP contribution is 2.42. The van der Waals surface area contributed by atoms with Gasteiger partial charge in [0.2, 0.25) is 0 Å². The van der Waals surface area contributed by atoms with Crippen molar-refractivity contribution in [1.82, 2.24) is 0 Å². The monoisotopic (exact) mass is 312 g/mol. The topological polar surface area (TPSA) is 47.3 Å². The number of methoxy groups -OCH3 is 1. The molecule has 3 N–H and O–H groups in total. The molecule has 3 nitrogen and oxygen atoms in total. The molecule has 1 aromatic rings. The zero-order valence-electron chi connectivity index (χ0n) is 11.0. The van der Waals surface area contributed by atoms with Crippen LogP contribution in [-0.4, -0.2) is 25.8 Å². The van der Waals surface area contributed by atoms with Crippen LogP contribution < -0.4 is 11.1 Å². The van der Waals surface area contributed by atoms with Crippen molar-refractivity contribution in [2.24, 2.45) is 11.7 Å². The van der Waals surface area contributed by atoms with Crippen LogP contribution >= 0.6 is 15.9 Å². The second kappa shape index (κ2) is 5.59. The first-order chi connectivity index (χ1) is 8.61. The Bertz CT molecular complexity index is 420. The van der Waals surface area contributed by atoms with Crippen molar-refractivity contribution < 1.29 is 4.74 Å². The fourth-order valence-electron chi connectivity index (χ4n) is 2.43. The predicted molar refractivity (Wildman–Crippen MR) is 78.9 cm³/mol. The third kappa shape index (κ3) is 2.87. The van der Waals surface area contributed by atoms with Crippen LogP contribution in [0.15, 0.2) is 22.7 Å². The number of rotatable bonds is 6. The maximum absolute atomic E-state index is 6.01. The van der Waals surface area contributed by atoms with Gasteiger partial charge < -0.3 is 15.8 Å². The molecule has 2 rings (SSSR count). The Hall–Kier alpha value is -0.580. The number of nitrogens with two attached hydrogens (primary N) is 1. The molecule has 0 radical (unpaired) electrons. The normalized spacial score (nSPS) is 18.4. The number of nitrogens with one attached hydrogen (secondary N) is 1. The highest BCUT2D eigenvalue weighted by atomic mass is 79.9. The van der Waals surface area contributed by atoms with Gasteiger partial charge in [-0.05, 0) is 59.3 Å². The Morgan fingerprint density at radius 2 is 2.22 bits per heavy atom. The number of hydrogen-bond donors (Lipinski definition) is 2. The van der Waals surface area contributed by atoms with Gasteiger partial charge in [0.1, 0.15) is 0 Å². The van der Waals surface area contributed by atoms with Crippen LogP contribution in [0.4, 0.5) is 5.69 Å². The maximum Gasteiger partial charge on any atom is 0.0756 e. The molecule has 1 unspecified atom stereocenters. The lowest BCUT2D eigenvalue weighted by molar-refractivity contribution is 0.134. The van der Waals surface area contributed by atoms with Crippen LogP contribution in [0.25, 0.3) is 0 Å². The third-order valence-electron chi connectivity index (χ3n) is 3.63. The lowest BCUT2D eigenvalue weighted by Gasteiger charge is -2.35. The number of halogens is 1. The Morgan fingerprint density at radius 1 is 1.50 bits per heavy atom. The highest BCUT2D eigenvalue weighted by molar-refractivity contribution is 9.10. The molecule has 1 aliphatic carbocycles. The summed E-state index contributed by atoms with van der Waals surface area (Å²) in [4.78, 5) is 0. The van der Waals surface area contributed by atoms with E-state index in [2.05, 4.69) is 46.4 Å². The number of aryl methyl sites for hydroxylation is 1. The van der Waals surface area contributed by atoms with E-state index in [1.165, 1.54) is 18.4 Å². The quantitative estimate of drug-likeness (QED) is 0.849. The summed E-state index contributed by atoms with van der Waals surface area (Å²) >= 11 is 3.59. The van der Waals surface area contributed by atoms with Crippen LogP contribution in [0, 0.1) is 12.8 Å². The summed E-state index contributed by atoms with van der Waals surface area (Å²) < 4.78 is 6.46. The van der Waals surface area contributed by atoms with Crippen LogP contribution in [0.1, 0.15) is 18.4 Å². The molecule has 1 atom stereocenters. The number of benzene rings is 1. The molecule has 1 aliphatic rings. The summed E-state index contributed by atoms with van der Waals surface area (Å²) in [5, 5.41) is 3.62. The van der Waals surface area contributed by atoms with Crippen molar-refractivity contribution in [3.05, 3.63) is 28.2 Å². The van der Waals surface area contributed by atoms with Crippen LogP contribution in [0.5, 0.6) is 0 Å². The Balaban J connectivity index is 2.24. The minimum absolute atomic E-state index is 0.134. The van der Waals surface area contributed by atoms with Gasteiger partial charge in [0.15, 0.2) is 0 Å². The van der Waals surface area contributed by atoms with Gasteiger partial charge in [0.25, 0.3) is 0 Å². The van der Waals surface area contributed by atoms with Gasteiger partial charge in [-0.2, -0.15) is 0 Å². The second-order valence-electron chi connectivity index (χ2n) is 5.18. The molecule has 1 saturated carbocycles. The van der Waals surface area contributed by atoms with Crippen molar-refractivity contribution in [3.63, 3.8) is 0 Å². The van der Waals surface area contributed by atoms with Gasteiger partial charge in [0.05, 0.1) is 12.1 Å². The molecule has 4 heteroatoms. The fraction of sp³-hybridized carbons (Fsp3) is 0.571. The van der Waals surface area contributed by atoms with Crippen molar-refractivity contribution in [2.45, 2.75) is 25.3 Å². The molecule has 0 aromatic heterocycles. The summed E-state index contributed by atoms with van der Waals surface area (Å²) in [7, 11) is 1.74. The van der Waals surface area contributed by atoms with E-state index in [0.717, 1.165) is 10.2 Å². The van der Waals surface area contributed by atoms with E-state index in [1.807, 2.05) is 0 Å². The molecule has 1 aromatic carbocycles. The molecular weight excluding hydrogens is 292 g/mol. The SMILES string of the molecule is COCC(CN)(Nc1cc(C)ccc1Br)C1CC1. The molecule has 1 fully saturated rings. The number of ether oxygens (including phenoxy) is 1. The van der Waals surface area contributed by atoms with Gasteiger partial charge in [-0.1, -0.05) is 6.07 Å². The molecular formula is C14H21BrN2O. The lowest BCUT2D eigenvalue weighted by atomic mass is 9.93. The molecule has 100 valence electrons. The highest BCUT2D eigenvalue weighted by Gasteiger charge is 2.44. The lowest BCUT2D eigenvalue weighted by Crippen LogP contribution is -2.51. The first kappa shape index (κ1) is 13.8. The van der Waals surface area contributed by atoms with Crippen LogP contribution in [-0.2, 0) is 4.74 Å². The molecule has 18 heavy (non-hydrogen) atoms. The zero-order valence-corrected chi connectivity index (χ0v) is 12.6. The standard InChI is InChI=1S/C14H21BrN2O/c1-10-3-6-12(15)13(7-10)17-14(8-16,9-18-2)11-4-5-11/h3,6-7,11,17H,4-5,8-9,16H2,1-2H3. The minimum Gasteiger partial charge on any atom is -0.382 e. The first-order valence-corrected chi connectivity index (χ1v) is 7.14. The molecule has 0 aliphatic heterocycles. The molecule has 0 bridgehead atoms.